The van der Waals surface area contributed by atoms with Gasteiger partial charge in [0.2, 0.25) is 0 Å². The summed E-state index contributed by atoms with van der Waals surface area (Å²) in [6.07, 6.45) is 2.71. The van der Waals surface area contributed by atoms with Crippen LogP contribution in [-0.2, 0) is 22.7 Å². The van der Waals surface area contributed by atoms with Crippen molar-refractivity contribution in [3.05, 3.63) is 41.5 Å². The average Bonchev–Trinajstić information content (AvgIpc) is 2.77. The Kier molecular flexibility index (Phi) is 4.69. The second-order valence-electron chi connectivity index (χ2n) is 5.04. The maximum absolute atomic E-state index is 11.3. The Morgan fingerprint density at radius 3 is 2.90 bits per heavy atom. The van der Waals surface area contributed by atoms with Gasteiger partial charge in [0.15, 0.2) is 0 Å². The van der Waals surface area contributed by atoms with Crippen molar-refractivity contribution in [3.63, 3.8) is 0 Å². The second kappa shape index (κ2) is 6.48. The van der Waals surface area contributed by atoms with E-state index in [1.165, 1.54) is 11.1 Å². The zero-order valence-electron chi connectivity index (χ0n) is 11.8. The predicted octanol–water partition coefficient (Wildman–Crippen LogP) is 1.74. The van der Waals surface area contributed by atoms with Crippen LogP contribution in [0.5, 0.6) is 0 Å². The zero-order valence-corrected chi connectivity index (χ0v) is 11.8. The molecule has 1 N–H and O–H groups in total. The van der Waals surface area contributed by atoms with Gasteiger partial charge in [0.05, 0.1) is 6.04 Å². The van der Waals surface area contributed by atoms with Gasteiger partial charge in [0, 0.05) is 30.8 Å². The van der Waals surface area contributed by atoms with Crippen molar-refractivity contribution in [2.45, 2.75) is 32.0 Å². The van der Waals surface area contributed by atoms with Crippen LogP contribution in [-0.4, -0.2) is 30.6 Å². The van der Waals surface area contributed by atoms with Gasteiger partial charge in [-0.3, -0.25) is 0 Å². The van der Waals surface area contributed by atoms with Crippen molar-refractivity contribution in [1.82, 2.24) is 10.2 Å². The van der Waals surface area contributed by atoms with Gasteiger partial charge in [-0.1, -0.05) is 24.8 Å². The first kappa shape index (κ1) is 14.5. The van der Waals surface area contributed by atoms with E-state index in [9.17, 15) is 9.59 Å². The van der Waals surface area contributed by atoms with Gasteiger partial charge in [-0.2, -0.15) is 0 Å². The Labute approximate surface area is 119 Å². The van der Waals surface area contributed by atoms with Crippen molar-refractivity contribution in [2.24, 2.45) is 0 Å². The third-order valence-electron chi connectivity index (χ3n) is 3.69. The van der Waals surface area contributed by atoms with Gasteiger partial charge < -0.3 is 19.8 Å². The van der Waals surface area contributed by atoms with E-state index in [1.54, 1.807) is 0 Å². The predicted molar refractivity (Wildman–Crippen MR) is 78.9 cm³/mol. The number of rotatable bonds is 7. The maximum atomic E-state index is 11.3. The van der Waals surface area contributed by atoms with Crippen LogP contribution in [0.4, 0.5) is 0 Å². The fourth-order valence-corrected chi connectivity index (χ4v) is 2.66. The molecule has 1 atom stereocenters. The third-order valence-corrected chi connectivity index (χ3v) is 3.69. The van der Waals surface area contributed by atoms with E-state index in [0.717, 1.165) is 30.4 Å². The molecule has 1 aliphatic heterocycles. The highest BCUT2D eigenvalue weighted by Crippen LogP contribution is 2.34. The normalized spacial score (nSPS) is 15.1. The van der Waals surface area contributed by atoms with Gasteiger partial charge in [0.1, 0.15) is 12.6 Å². The lowest BCUT2D eigenvalue weighted by atomic mass is 10.1. The second-order valence-corrected chi connectivity index (χ2v) is 5.04. The van der Waals surface area contributed by atoms with Gasteiger partial charge in [0.25, 0.3) is 0 Å². The molecule has 1 aliphatic rings. The Balaban J connectivity index is 2.18. The van der Waals surface area contributed by atoms with Crippen molar-refractivity contribution in [1.29, 1.82) is 0 Å². The van der Waals surface area contributed by atoms with Crippen molar-refractivity contribution >= 4 is 18.3 Å². The lowest BCUT2D eigenvalue weighted by molar-refractivity contribution is -0.112. The topological polar surface area (TPSA) is 49.4 Å². The third kappa shape index (κ3) is 2.80. The highest BCUT2D eigenvalue weighted by molar-refractivity contribution is 5.73. The highest BCUT2D eigenvalue weighted by atomic mass is 16.1. The summed E-state index contributed by atoms with van der Waals surface area (Å²) in [7, 11) is 1.92. The van der Waals surface area contributed by atoms with Crippen LogP contribution in [0.2, 0.25) is 0 Å². The molecule has 1 unspecified atom stereocenters. The monoisotopic (exact) mass is 272 g/mol. The van der Waals surface area contributed by atoms with Gasteiger partial charge in [-0.05, 0) is 24.6 Å². The van der Waals surface area contributed by atoms with Crippen LogP contribution in [0.1, 0.15) is 29.5 Å². The van der Waals surface area contributed by atoms with Gasteiger partial charge in [-0.25, -0.2) is 0 Å². The molecular weight excluding hydrogens is 252 g/mol. The molecule has 4 heteroatoms. The number of hydrogen-bond acceptors (Lipinski definition) is 4. The average molecular weight is 272 g/mol. The Bertz CT molecular complexity index is 525. The number of carbonyl (C=O) groups is 2. The number of aldehydes is 2. The molecule has 0 aliphatic carbocycles. The van der Waals surface area contributed by atoms with Crippen molar-refractivity contribution in [3.8, 4) is 0 Å². The van der Waals surface area contributed by atoms with E-state index < -0.39 is 0 Å². The van der Waals surface area contributed by atoms with E-state index in [2.05, 4.69) is 30.1 Å². The molecule has 0 amide bonds. The fourth-order valence-electron chi connectivity index (χ4n) is 2.66. The van der Waals surface area contributed by atoms with Crippen LogP contribution in [0.3, 0.4) is 0 Å². The molecule has 0 saturated heterocycles. The molecule has 1 aromatic rings. The SMILES string of the molecule is C=C1c2ccc(CNC)cc2CN1C(C=O)CCC=O. The molecule has 2 rings (SSSR count). The van der Waals surface area contributed by atoms with Crippen LogP contribution in [0, 0.1) is 0 Å². The number of carbonyl (C=O) groups excluding carboxylic acids is 2. The molecule has 4 nitrogen and oxygen atoms in total. The number of nitrogens with zero attached hydrogens (tertiary/aromatic N) is 1. The Morgan fingerprint density at radius 1 is 1.45 bits per heavy atom. The first-order chi connectivity index (χ1) is 9.71. The lowest BCUT2D eigenvalue weighted by Gasteiger charge is -2.25. The quantitative estimate of drug-likeness (QED) is 0.768. The van der Waals surface area contributed by atoms with E-state index in [-0.39, 0.29) is 6.04 Å². The van der Waals surface area contributed by atoms with Gasteiger partial charge >= 0.3 is 0 Å². The molecule has 106 valence electrons. The summed E-state index contributed by atoms with van der Waals surface area (Å²) in [6, 6.07) is 6.02. The van der Waals surface area contributed by atoms with Crippen molar-refractivity contribution in [2.75, 3.05) is 7.05 Å². The molecule has 20 heavy (non-hydrogen) atoms. The highest BCUT2D eigenvalue weighted by Gasteiger charge is 2.27. The van der Waals surface area contributed by atoms with E-state index in [0.29, 0.717) is 19.4 Å². The zero-order chi connectivity index (χ0) is 14.5. The molecule has 0 radical (unpaired) electrons. The fraction of sp³-hybridized carbons (Fsp3) is 0.375. The van der Waals surface area contributed by atoms with Crippen LogP contribution in [0.25, 0.3) is 5.70 Å². The minimum atomic E-state index is -0.271. The largest absolute Gasteiger partial charge is 0.357 e. The van der Waals surface area contributed by atoms with E-state index in [4.69, 9.17) is 0 Å². The first-order valence-corrected chi connectivity index (χ1v) is 6.82. The number of hydrogen-bond donors (Lipinski definition) is 1. The molecule has 0 bridgehead atoms. The van der Waals surface area contributed by atoms with Crippen molar-refractivity contribution < 1.29 is 9.59 Å². The summed E-state index contributed by atoms with van der Waals surface area (Å²) in [4.78, 5) is 23.7. The maximum Gasteiger partial charge on any atom is 0.142 e. The molecular formula is C16H20N2O2. The summed E-state index contributed by atoms with van der Waals surface area (Å²) < 4.78 is 0. The standard InChI is InChI=1S/C16H20N2O2/c1-12-16-6-5-13(9-17-2)8-14(16)10-18(12)15(11-20)4-3-7-19/h5-8,11,15,17H,1,3-4,9-10H2,2H3. The molecule has 0 saturated carbocycles. The summed E-state index contributed by atoms with van der Waals surface area (Å²) in [5, 5.41) is 3.13. The Hall–Kier alpha value is -1.94. The number of fused-ring (bicyclic) bond motifs is 1. The summed E-state index contributed by atoms with van der Waals surface area (Å²) >= 11 is 0. The summed E-state index contributed by atoms with van der Waals surface area (Å²) in [5.74, 6) is 0. The van der Waals surface area contributed by atoms with Crippen LogP contribution >= 0.6 is 0 Å². The number of benzene rings is 1. The van der Waals surface area contributed by atoms with E-state index in [1.807, 2.05) is 11.9 Å². The van der Waals surface area contributed by atoms with Gasteiger partial charge in [-0.15, -0.1) is 0 Å². The van der Waals surface area contributed by atoms with E-state index >= 15 is 0 Å². The molecule has 0 fully saturated rings. The molecule has 0 aromatic heterocycles. The Morgan fingerprint density at radius 2 is 2.25 bits per heavy atom. The molecule has 1 aromatic carbocycles. The lowest BCUT2D eigenvalue weighted by Crippen LogP contribution is -2.31. The molecule has 1 heterocycles. The summed E-state index contributed by atoms with van der Waals surface area (Å²) in [6.45, 7) is 5.60. The smallest absolute Gasteiger partial charge is 0.142 e. The first-order valence-electron chi connectivity index (χ1n) is 6.82. The van der Waals surface area contributed by atoms with Crippen LogP contribution in [0.15, 0.2) is 24.8 Å². The number of nitrogens with one attached hydrogen (secondary N) is 1. The minimum absolute atomic E-state index is 0.271. The minimum Gasteiger partial charge on any atom is -0.357 e. The summed E-state index contributed by atoms with van der Waals surface area (Å²) in [5.41, 5.74) is 4.39. The van der Waals surface area contributed by atoms with Crippen LogP contribution < -0.4 is 5.32 Å². The molecule has 0 spiro atoms.